The normalized spacial score (nSPS) is 11.4. The zero-order valence-corrected chi connectivity index (χ0v) is 15.2. The quantitative estimate of drug-likeness (QED) is 0.683. The summed E-state index contributed by atoms with van der Waals surface area (Å²) in [4.78, 5) is 17.6. The van der Waals surface area contributed by atoms with E-state index in [2.05, 4.69) is 15.3 Å². The van der Waals surface area contributed by atoms with E-state index < -0.39 is 17.8 Å². The second-order valence-electron chi connectivity index (χ2n) is 5.91. The zero-order chi connectivity index (χ0) is 20.5. The van der Waals surface area contributed by atoms with Gasteiger partial charge in [-0.15, -0.1) is 5.10 Å². The number of hydrogen-bond acceptors (Lipinski definition) is 5. The summed E-state index contributed by atoms with van der Waals surface area (Å²) in [6.45, 7) is 0. The molecule has 1 aromatic carbocycles. The first kappa shape index (κ1) is 19.3. The standard InChI is InChI=1S/C18H16F3N5O2/c1-25(12-7-8-14(22-10-12)18(19,20)21)17(27)16-15(23-24-26(16)2)11-5-4-6-13(9-11)28-3/h4-10H,1-3H3. The number of alkyl halides is 3. The third-order valence-corrected chi connectivity index (χ3v) is 4.10. The van der Waals surface area contributed by atoms with Crippen molar-refractivity contribution in [2.75, 3.05) is 19.1 Å². The van der Waals surface area contributed by atoms with Crippen molar-refractivity contribution in [3.63, 3.8) is 0 Å². The van der Waals surface area contributed by atoms with Crippen molar-refractivity contribution in [2.24, 2.45) is 7.05 Å². The Balaban J connectivity index is 1.95. The third kappa shape index (κ3) is 3.66. The van der Waals surface area contributed by atoms with Crippen molar-refractivity contribution >= 4 is 11.6 Å². The highest BCUT2D eigenvalue weighted by Crippen LogP contribution is 2.29. The number of methoxy groups -OCH3 is 1. The van der Waals surface area contributed by atoms with Crippen molar-refractivity contribution in [1.29, 1.82) is 0 Å². The Bertz CT molecular complexity index is 999. The number of rotatable bonds is 4. The summed E-state index contributed by atoms with van der Waals surface area (Å²) in [5.41, 5.74) is 0.302. The predicted octanol–water partition coefficient (Wildman–Crippen LogP) is 3.18. The number of nitrogens with zero attached hydrogens (tertiary/aromatic N) is 5. The van der Waals surface area contributed by atoms with Crippen molar-refractivity contribution in [1.82, 2.24) is 20.0 Å². The highest BCUT2D eigenvalue weighted by atomic mass is 19.4. The van der Waals surface area contributed by atoms with E-state index in [1.54, 1.807) is 31.3 Å². The van der Waals surface area contributed by atoms with Crippen LogP contribution in [0.1, 0.15) is 16.2 Å². The maximum atomic E-state index is 13.0. The zero-order valence-electron chi connectivity index (χ0n) is 15.2. The molecule has 1 amide bonds. The molecule has 0 saturated heterocycles. The second-order valence-corrected chi connectivity index (χ2v) is 5.91. The molecule has 2 heterocycles. The molecule has 0 N–H and O–H groups in total. The Hall–Kier alpha value is -3.43. The van der Waals surface area contributed by atoms with Gasteiger partial charge in [0.05, 0.1) is 19.0 Å². The van der Waals surface area contributed by atoms with Gasteiger partial charge in [-0.1, -0.05) is 17.3 Å². The van der Waals surface area contributed by atoms with Gasteiger partial charge in [0.1, 0.15) is 17.1 Å². The lowest BCUT2D eigenvalue weighted by molar-refractivity contribution is -0.141. The molecule has 0 aliphatic rings. The van der Waals surface area contributed by atoms with Crippen molar-refractivity contribution in [2.45, 2.75) is 6.18 Å². The van der Waals surface area contributed by atoms with Crippen LogP contribution in [-0.2, 0) is 13.2 Å². The van der Waals surface area contributed by atoms with Gasteiger partial charge in [-0.05, 0) is 24.3 Å². The van der Waals surface area contributed by atoms with Crippen LogP contribution in [0.3, 0.4) is 0 Å². The van der Waals surface area contributed by atoms with Crippen LogP contribution in [0.25, 0.3) is 11.3 Å². The van der Waals surface area contributed by atoms with Gasteiger partial charge in [0.25, 0.3) is 5.91 Å². The smallest absolute Gasteiger partial charge is 0.433 e. The molecule has 0 radical (unpaired) electrons. The first-order valence-corrected chi connectivity index (χ1v) is 8.07. The number of halogens is 3. The molecular weight excluding hydrogens is 375 g/mol. The van der Waals surface area contributed by atoms with Crippen LogP contribution in [0.4, 0.5) is 18.9 Å². The third-order valence-electron chi connectivity index (χ3n) is 4.10. The maximum absolute atomic E-state index is 13.0. The van der Waals surface area contributed by atoms with E-state index in [1.807, 2.05) is 0 Å². The molecule has 7 nitrogen and oxygen atoms in total. The fourth-order valence-corrected chi connectivity index (χ4v) is 2.59. The van der Waals surface area contributed by atoms with E-state index in [-0.39, 0.29) is 11.4 Å². The Morgan fingerprint density at radius 2 is 1.96 bits per heavy atom. The monoisotopic (exact) mass is 391 g/mol. The molecule has 0 bridgehead atoms. The molecule has 0 atom stereocenters. The number of anilines is 1. The highest BCUT2D eigenvalue weighted by Gasteiger charge is 2.32. The maximum Gasteiger partial charge on any atom is 0.433 e. The van der Waals surface area contributed by atoms with Crippen LogP contribution in [-0.4, -0.2) is 40.0 Å². The fourth-order valence-electron chi connectivity index (χ4n) is 2.59. The highest BCUT2D eigenvalue weighted by molar-refractivity contribution is 6.08. The topological polar surface area (TPSA) is 73.1 Å². The van der Waals surface area contributed by atoms with Crippen molar-refractivity contribution in [3.05, 3.63) is 54.0 Å². The van der Waals surface area contributed by atoms with E-state index >= 15 is 0 Å². The number of aromatic nitrogens is 4. The van der Waals surface area contributed by atoms with Crippen LogP contribution < -0.4 is 9.64 Å². The summed E-state index contributed by atoms with van der Waals surface area (Å²) in [6.07, 6.45) is -3.55. The average molecular weight is 391 g/mol. The van der Waals surface area contributed by atoms with Gasteiger partial charge in [0.2, 0.25) is 0 Å². The molecule has 28 heavy (non-hydrogen) atoms. The summed E-state index contributed by atoms with van der Waals surface area (Å²) >= 11 is 0. The number of aryl methyl sites for hydroxylation is 1. The molecule has 10 heteroatoms. The second kappa shape index (κ2) is 7.29. The van der Waals surface area contributed by atoms with Gasteiger partial charge in [-0.3, -0.25) is 4.79 Å². The lowest BCUT2D eigenvalue weighted by Gasteiger charge is -2.18. The van der Waals surface area contributed by atoms with Crippen LogP contribution in [0.15, 0.2) is 42.6 Å². The van der Waals surface area contributed by atoms with Gasteiger partial charge in [-0.2, -0.15) is 13.2 Å². The summed E-state index contributed by atoms with van der Waals surface area (Å²) in [5.74, 6) is 0.0914. The summed E-state index contributed by atoms with van der Waals surface area (Å²) in [5, 5.41) is 7.96. The minimum absolute atomic E-state index is 0.177. The summed E-state index contributed by atoms with van der Waals surface area (Å²) in [7, 11) is 4.52. The van der Waals surface area contributed by atoms with E-state index in [4.69, 9.17) is 4.74 Å². The predicted molar refractivity (Wildman–Crippen MR) is 95.0 cm³/mol. The Morgan fingerprint density at radius 1 is 1.21 bits per heavy atom. The molecule has 0 spiro atoms. The van der Waals surface area contributed by atoms with Crippen LogP contribution in [0, 0.1) is 0 Å². The largest absolute Gasteiger partial charge is 0.497 e. The van der Waals surface area contributed by atoms with Crippen molar-refractivity contribution < 1.29 is 22.7 Å². The molecule has 2 aromatic heterocycles. The summed E-state index contributed by atoms with van der Waals surface area (Å²) in [6, 6.07) is 8.97. The summed E-state index contributed by atoms with van der Waals surface area (Å²) < 4.78 is 44.6. The van der Waals surface area contributed by atoms with Crippen LogP contribution >= 0.6 is 0 Å². The van der Waals surface area contributed by atoms with Crippen LogP contribution in [0.5, 0.6) is 5.75 Å². The molecule has 3 aromatic rings. The van der Waals surface area contributed by atoms with E-state index in [9.17, 15) is 18.0 Å². The van der Waals surface area contributed by atoms with Gasteiger partial charge >= 0.3 is 6.18 Å². The first-order chi connectivity index (χ1) is 13.2. The molecule has 3 rings (SSSR count). The lowest BCUT2D eigenvalue weighted by Crippen LogP contribution is -2.29. The number of carbonyl (C=O) groups excluding carboxylic acids is 1. The Morgan fingerprint density at radius 3 is 2.57 bits per heavy atom. The number of ether oxygens (including phenoxy) is 1. The van der Waals surface area contributed by atoms with E-state index in [0.717, 1.165) is 12.3 Å². The first-order valence-electron chi connectivity index (χ1n) is 8.07. The number of amides is 1. The Kier molecular flexibility index (Phi) is 5.04. The fraction of sp³-hybridized carbons (Fsp3) is 0.222. The molecule has 0 aliphatic carbocycles. The average Bonchev–Trinajstić information content (AvgIpc) is 3.07. The SMILES string of the molecule is COc1cccc(-c2nnn(C)c2C(=O)N(C)c2ccc(C(F)(F)F)nc2)c1. The minimum Gasteiger partial charge on any atom is -0.497 e. The van der Waals surface area contributed by atoms with E-state index in [0.29, 0.717) is 17.0 Å². The molecule has 146 valence electrons. The number of carbonyl (C=O) groups is 1. The van der Waals surface area contributed by atoms with Gasteiger partial charge in [0.15, 0.2) is 5.69 Å². The van der Waals surface area contributed by atoms with Crippen LogP contribution in [0.2, 0.25) is 0 Å². The van der Waals surface area contributed by atoms with Gasteiger partial charge < -0.3 is 9.64 Å². The van der Waals surface area contributed by atoms with E-state index in [1.165, 1.54) is 29.8 Å². The number of pyridine rings is 1. The van der Waals surface area contributed by atoms with Gasteiger partial charge in [-0.25, -0.2) is 9.67 Å². The number of hydrogen-bond donors (Lipinski definition) is 0. The lowest BCUT2D eigenvalue weighted by atomic mass is 10.1. The molecule has 0 saturated carbocycles. The minimum atomic E-state index is -4.55. The Labute approximate surface area is 158 Å². The van der Waals surface area contributed by atoms with Crippen molar-refractivity contribution in [3.8, 4) is 17.0 Å². The number of benzene rings is 1. The van der Waals surface area contributed by atoms with Gasteiger partial charge in [0, 0.05) is 19.7 Å². The molecular formula is C18H16F3N5O2. The molecule has 0 fully saturated rings. The molecule has 0 unspecified atom stereocenters. The molecule has 0 aliphatic heterocycles.